The minimum absolute atomic E-state index is 0.353. The fourth-order valence-electron chi connectivity index (χ4n) is 3.38. The number of rotatable bonds is 6. The lowest BCUT2D eigenvalue weighted by Gasteiger charge is -2.36. The summed E-state index contributed by atoms with van der Waals surface area (Å²) in [7, 11) is 6.03. The van der Waals surface area contributed by atoms with Gasteiger partial charge in [0.05, 0.1) is 7.11 Å². The number of benzene rings is 1. The molecule has 0 heterocycles. The summed E-state index contributed by atoms with van der Waals surface area (Å²) < 4.78 is 5.24. The lowest BCUT2D eigenvalue weighted by Crippen LogP contribution is -2.44. The predicted octanol–water partition coefficient (Wildman–Crippen LogP) is 3.22. The van der Waals surface area contributed by atoms with Crippen molar-refractivity contribution >= 4 is 0 Å². The van der Waals surface area contributed by atoms with Crippen LogP contribution in [-0.2, 0) is 0 Å². The van der Waals surface area contributed by atoms with E-state index in [1.165, 1.54) is 31.2 Å². The van der Waals surface area contributed by atoms with Crippen LogP contribution in [0.25, 0.3) is 0 Å². The molecule has 2 rings (SSSR count). The lowest BCUT2D eigenvalue weighted by molar-refractivity contribution is 0.154. The molecule has 1 aliphatic rings. The summed E-state index contributed by atoms with van der Waals surface area (Å²) in [6.07, 6.45) is 5.46. The van der Waals surface area contributed by atoms with E-state index in [0.717, 1.165) is 11.8 Å². The van der Waals surface area contributed by atoms with Crippen LogP contribution in [0.3, 0.4) is 0 Å². The van der Waals surface area contributed by atoms with Crippen molar-refractivity contribution < 1.29 is 4.74 Å². The summed E-state index contributed by atoms with van der Waals surface area (Å²) >= 11 is 0. The molecule has 20 heavy (non-hydrogen) atoms. The van der Waals surface area contributed by atoms with Gasteiger partial charge in [0.1, 0.15) is 5.75 Å². The Bertz CT molecular complexity index is 398. The van der Waals surface area contributed by atoms with E-state index in [9.17, 15) is 0 Å². The van der Waals surface area contributed by atoms with Crippen LogP contribution in [0.1, 0.15) is 44.2 Å². The van der Waals surface area contributed by atoms with Crippen molar-refractivity contribution in [2.24, 2.45) is 0 Å². The van der Waals surface area contributed by atoms with Crippen molar-refractivity contribution in [2.75, 3.05) is 21.2 Å². The summed E-state index contributed by atoms with van der Waals surface area (Å²) in [4.78, 5) is 2.55. The molecule has 0 spiro atoms. The fourth-order valence-corrected chi connectivity index (χ4v) is 3.38. The van der Waals surface area contributed by atoms with Gasteiger partial charge in [0, 0.05) is 18.1 Å². The Labute approximate surface area is 123 Å². The molecule has 0 saturated heterocycles. The maximum Gasteiger partial charge on any atom is 0.118 e. The van der Waals surface area contributed by atoms with Gasteiger partial charge in [-0.15, -0.1) is 0 Å². The Morgan fingerprint density at radius 2 is 1.80 bits per heavy atom. The number of methoxy groups -OCH3 is 1. The molecule has 1 saturated carbocycles. The van der Waals surface area contributed by atoms with Crippen LogP contribution in [-0.4, -0.2) is 38.2 Å². The van der Waals surface area contributed by atoms with Gasteiger partial charge in [-0.05, 0) is 51.6 Å². The van der Waals surface area contributed by atoms with Gasteiger partial charge < -0.3 is 10.1 Å². The molecule has 112 valence electrons. The van der Waals surface area contributed by atoms with Crippen LogP contribution in [0.2, 0.25) is 0 Å². The lowest BCUT2D eigenvalue weighted by atomic mass is 9.98. The Morgan fingerprint density at radius 1 is 1.20 bits per heavy atom. The summed E-state index contributed by atoms with van der Waals surface area (Å²) in [5, 5.41) is 3.48. The van der Waals surface area contributed by atoms with Crippen LogP contribution in [0.15, 0.2) is 24.3 Å². The van der Waals surface area contributed by atoms with Gasteiger partial charge in [0.15, 0.2) is 0 Å². The highest BCUT2D eigenvalue weighted by atomic mass is 16.5. The van der Waals surface area contributed by atoms with E-state index < -0.39 is 0 Å². The van der Waals surface area contributed by atoms with Gasteiger partial charge in [-0.3, -0.25) is 4.90 Å². The smallest absolute Gasteiger partial charge is 0.118 e. The third-order valence-corrected chi connectivity index (χ3v) is 4.81. The second-order valence-corrected chi connectivity index (χ2v) is 5.88. The highest BCUT2D eigenvalue weighted by Crippen LogP contribution is 2.28. The third-order valence-electron chi connectivity index (χ3n) is 4.81. The first-order valence-corrected chi connectivity index (χ1v) is 7.70. The Balaban J connectivity index is 2.08. The molecule has 3 nitrogen and oxygen atoms in total. The molecule has 1 aromatic carbocycles. The van der Waals surface area contributed by atoms with Crippen molar-refractivity contribution in [3.8, 4) is 5.75 Å². The molecule has 0 amide bonds. The minimum atomic E-state index is 0.353. The number of nitrogens with one attached hydrogen (secondary N) is 1. The zero-order valence-electron chi connectivity index (χ0n) is 13.2. The van der Waals surface area contributed by atoms with E-state index in [-0.39, 0.29) is 0 Å². The van der Waals surface area contributed by atoms with Crippen LogP contribution in [0.4, 0.5) is 0 Å². The second-order valence-electron chi connectivity index (χ2n) is 5.88. The molecule has 0 bridgehead atoms. The monoisotopic (exact) mass is 276 g/mol. The molecule has 1 N–H and O–H groups in total. The van der Waals surface area contributed by atoms with Crippen LogP contribution < -0.4 is 10.1 Å². The minimum Gasteiger partial charge on any atom is -0.497 e. The van der Waals surface area contributed by atoms with E-state index in [1.54, 1.807) is 7.11 Å². The van der Waals surface area contributed by atoms with E-state index in [1.807, 2.05) is 19.2 Å². The van der Waals surface area contributed by atoms with Crippen LogP contribution in [0.5, 0.6) is 5.75 Å². The first-order valence-electron chi connectivity index (χ1n) is 7.70. The Morgan fingerprint density at radius 3 is 2.30 bits per heavy atom. The summed E-state index contributed by atoms with van der Waals surface area (Å²) in [5.74, 6) is 0.917. The first kappa shape index (κ1) is 15.3. The van der Waals surface area contributed by atoms with Crippen LogP contribution in [0, 0.1) is 0 Å². The van der Waals surface area contributed by atoms with Gasteiger partial charge in [0.25, 0.3) is 0 Å². The number of nitrogens with zero attached hydrogens (tertiary/aromatic N) is 1. The molecule has 0 radical (unpaired) electrons. The normalized spacial score (nSPS) is 19.2. The number of likely N-dealkylation sites (N-methyl/N-ethyl adjacent to an activating group) is 2. The van der Waals surface area contributed by atoms with Crippen molar-refractivity contribution in [1.29, 1.82) is 0 Å². The molecular weight excluding hydrogens is 248 g/mol. The zero-order chi connectivity index (χ0) is 14.5. The summed E-state index contributed by atoms with van der Waals surface area (Å²) in [6, 6.07) is 10.0. The maximum atomic E-state index is 5.24. The molecule has 3 heteroatoms. The van der Waals surface area contributed by atoms with E-state index >= 15 is 0 Å². The topological polar surface area (TPSA) is 24.5 Å². The van der Waals surface area contributed by atoms with E-state index in [2.05, 4.69) is 36.3 Å². The van der Waals surface area contributed by atoms with E-state index in [4.69, 9.17) is 4.74 Å². The van der Waals surface area contributed by atoms with Gasteiger partial charge in [-0.1, -0.05) is 25.0 Å². The predicted molar refractivity (Wildman–Crippen MR) is 84.3 cm³/mol. The van der Waals surface area contributed by atoms with Crippen molar-refractivity contribution in [1.82, 2.24) is 10.2 Å². The molecule has 1 aliphatic carbocycles. The van der Waals surface area contributed by atoms with E-state index in [0.29, 0.717) is 12.1 Å². The van der Waals surface area contributed by atoms with Gasteiger partial charge in [0.2, 0.25) is 0 Å². The summed E-state index contributed by atoms with van der Waals surface area (Å²) in [6.45, 7) is 2.32. The molecule has 2 atom stereocenters. The molecule has 1 aromatic rings. The standard InChI is InChI=1S/C17H28N2O/c1-13(19(3)15-7-5-6-8-15)17(18-2)14-9-11-16(20-4)12-10-14/h9-13,15,17-18H,5-8H2,1-4H3. The Kier molecular flexibility index (Phi) is 5.44. The number of hydrogen-bond donors (Lipinski definition) is 1. The first-order chi connectivity index (χ1) is 9.67. The fraction of sp³-hybridized carbons (Fsp3) is 0.647. The SMILES string of the molecule is CNC(c1ccc(OC)cc1)C(C)N(C)C1CCCC1. The quantitative estimate of drug-likeness (QED) is 0.863. The zero-order valence-corrected chi connectivity index (χ0v) is 13.2. The number of hydrogen-bond acceptors (Lipinski definition) is 3. The van der Waals surface area contributed by atoms with Crippen molar-refractivity contribution in [2.45, 2.75) is 50.7 Å². The molecule has 0 aliphatic heterocycles. The number of ether oxygens (including phenoxy) is 1. The average molecular weight is 276 g/mol. The summed E-state index contributed by atoms with van der Waals surface area (Å²) in [5.41, 5.74) is 1.32. The molecule has 0 aromatic heterocycles. The maximum absolute atomic E-state index is 5.24. The van der Waals surface area contributed by atoms with Gasteiger partial charge in [-0.2, -0.15) is 0 Å². The third kappa shape index (κ3) is 3.33. The van der Waals surface area contributed by atoms with Crippen molar-refractivity contribution in [3.05, 3.63) is 29.8 Å². The second kappa shape index (κ2) is 7.09. The molecule has 1 fully saturated rings. The highest BCUT2D eigenvalue weighted by Gasteiger charge is 2.28. The highest BCUT2D eigenvalue weighted by molar-refractivity contribution is 5.29. The van der Waals surface area contributed by atoms with Gasteiger partial charge in [-0.25, -0.2) is 0 Å². The largest absolute Gasteiger partial charge is 0.497 e. The average Bonchev–Trinajstić information content (AvgIpc) is 3.02. The Hall–Kier alpha value is -1.06. The molecule has 2 unspecified atom stereocenters. The van der Waals surface area contributed by atoms with Crippen LogP contribution >= 0.6 is 0 Å². The molecular formula is C17H28N2O. The van der Waals surface area contributed by atoms with Gasteiger partial charge >= 0.3 is 0 Å². The van der Waals surface area contributed by atoms with Crippen molar-refractivity contribution in [3.63, 3.8) is 0 Å².